The lowest BCUT2D eigenvalue weighted by molar-refractivity contribution is 0.0527. The third-order valence-electron chi connectivity index (χ3n) is 3.46. The van der Waals surface area contributed by atoms with E-state index in [1.165, 1.54) is 16.0 Å². The van der Waals surface area contributed by atoms with Gasteiger partial charge in [-0.15, -0.1) is 11.3 Å². The van der Waals surface area contributed by atoms with Crippen LogP contribution in [0.3, 0.4) is 0 Å². The van der Waals surface area contributed by atoms with Crippen LogP contribution in [0.5, 0.6) is 0 Å². The maximum Gasteiger partial charge on any atom is 0.341 e. The topological polar surface area (TPSA) is 73.2 Å². The largest absolute Gasteiger partial charge is 0.462 e. The van der Waals surface area contributed by atoms with Gasteiger partial charge in [-0.05, 0) is 49.2 Å². The lowest BCUT2D eigenvalue weighted by Gasteiger charge is -2.07. The minimum absolute atomic E-state index is 0.285. The van der Waals surface area contributed by atoms with Crippen LogP contribution in [0.15, 0.2) is 4.47 Å². The van der Waals surface area contributed by atoms with Crippen LogP contribution >= 0.6 is 27.3 Å². The summed E-state index contributed by atoms with van der Waals surface area (Å²) in [5.41, 5.74) is 2.37. The minimum Gasteiger partial charge on any atom is -0.462 e. The van der Waals surface area contributed by atoms with Crippen LogP contribution in [0.2, 0.25) is 0 Å². The molecule has 8 heteroatoms. The van der Waals surface area contributed by atoms with E-state index in [0.717, 1.165) is 16.1 Å². The summed E-state index contributed by atoms with van der Waals surface area (Å²) in [5.74, 6) is -0.753. The number of halogens is 1. The lowest BCUT2D eigenvalue weighted by Crippen LogP contribution is -2.18. The molecule has 1 N–H and O–H groups in total. The van der Waals surface area contributed by atoms with Crippen molar-refractivity contribution in [3.63, 3.8) is 0 Å². The van der Waals surface area contributed by atoms with E-state index >= 15 is 0 Å². The third-order valence-corrected chi connectivity index (χ3v) is 5.53. The highest BCUT2D eigenvalue weighted by molar-refractivity contribution is 9.10. The first-order valence-corrected chi connectivity index (χ1v) is 8.66. The molecule has 2 rings (SSSR count). The highest BCUT2D eigenvalue weighted by Crippen LogP contribution is 2.34. The molecule has 0 aliphatic carbocycles. The monoisotopic (exact) mass is 399 g/mol. The van der Waals surface area contributed by atoms with Gasteiger partial charge in [0.05, 0.1) is 22.3 Å². The number of anilines is 1. The number of carbonyl (C=O) groups excluding carboxylic acids is 2. The Morgan fingerprint density at radius 3 is 2.52 bits per heavy atom. The molecule has 0 saturated carbocycles. The van der Waals surface area contributed by atoms with Crippen LogP contribution in [0.1, 0.15) is 43.9 Å². The second-order valence-electron chi connectivity index (χ2n) is 5.03. The number of rotatable bonds is 4. The van der Waals surface area contributed by atoms with E-state index < -0.39 is 5.97 Å². The van der Waals surface area contributed by atoms with E-state index in [0.29, 0.717) is 20.7 Å². The highest BCUT2D eigenvalue weighted by Gasteiger charge is 2.25. The zero-order valence-corrected chi connectivity index (χ0v) is 16.0. The van der Waals surface area contributed by atoms with Crippen molar-refractivity contribution >= 4 is 44.1 Å². The predicted octanol–water partition coefficient (Wildman–Crippen LogP) is 3.60. The molecule has 0 fully saturated rings. The fourth-order valence-electron chi connectivity index (χ4n) is 2.21. The predicted molar refractivity (Wildman–Crippen MR) is 93.3 cm³/mol. The summed E-state index contributed by atoms with van der Waals surface area (Å²) in [6.45, 7) is 7.60. The number of aryl methyl sites for hydroxylation is 3. The second kappa shape index (κ2) is 6.84. The smallest absolute Gasteiger partial charge is 0.341 e. The Morgan fingerprint density at radius 1 is 1.35 bits per heavy atom. The second-order valence-corrected chi connectivity index (χ2v) is 7.05. The number of carbonyl (C=O) groups is 2. The fraction of sp³-hybridized carbons (Fsp3) is 0.400. The van der Waals surface area contributed by atoms with Gasteiger partial charge in [-0.3, -0.25) is 9.48 Å². The first-order chi connectivity index (χ1) is 10.8. The fourth-order valence-corrected chi connectivity index (χ4v) is 3.76. The summed E-state index contributed by atoms with van der Waals surface area (Å²) in [7, 11) is 1.70. The van der Waals surface area contributed by atoms with Gasteiger partial charge in [-0.1, -0.05) is 0 Å². The van der Waals surface area contributed by atoms with Crippen molar-refractivity contribution < 1.29 is 14.3 Å². The van der Waals surface area contributed by atoms with Gasteiger partial charge in [0.1, 0.15) is 10.7 Å². The number of hydrogen-bond acceptors (Lipinski definition) is 5. The van der Waals surface area contributed by atoms with E-state index in [2.05, 4.69) is 26.3 Å². The van der Waals surface area contributed by atoms with Crippen molar-refractivity contribution in [2.75, 3.05) is 11.9 Å². The molecular weight excluding hydrogens is 382 g/mol. The van der Waals surface area contributed by atoms with Crippen LogP contribution in [0.25, 0.3) is 0 Å². The molecule has 0 radical (unpaired) electrons. The van der Waals surface area contributed by atoms with Crippen molar-refractivity contribution in [2.45, 2.75) is 27.7 Å². The Labute approximate surface area is 147 Å². The summed E-state index contributed by atoms with van der Waals surface area (Å²) in [4.78, 5) is 25.7. The van der Waals surface area contributed by atoms with E-state index in [4.69, 9.17) is 4.74 Å². The van der Waals surface area contributed by atoms with Crippen molar-refractivity contribution in [3.8, 4) is 0 Å². The molecule has 6 nitrogen and oxygen atoms in total. The number of esters is 1. The lowest BCUT2D eigenvalue weighted by atomic mass is 10.1. The maximum absolute atomic E-state index is 12.6. The molecule has 1 amide bonds. The zero-order chi connectivity index (χ0) is 17.3. The molecule has 2 heterocycles. The Kier molecular flexibility index (Phi) is 5.26. The van der Waals surface area contributed by atoms with Gasteiger partial charge in [0.2, 0.25) is 0 Å². The summed E-state index contributed by atoms with van der Waals surface area (Å²) in [6.07, 6.45) is 0. The van der Waals surface area contributed by atoms with Crippen LogP contribution in [0.4, 0.5) is 5.00 Å². The standard InChI is InChI=1S/C15H18BrN3O3S/c1-6-22-15(21)10-7(2)9(4)23-14(10)17-13(20)12-11(16)8(3)18-19(12)5/h6H2,1-5H3,(H,17,20). The van der Waals surface area contributed by atoms with E-state index in [9.17, 15) is 9.59 Å². The minimum atomic E-state index is -0.426. The Bertz CT molecular complexity index is 780. The SMILES string of the molecule is CCOC(=O)c1c(NC(=O)c2c(Br)c(C)nn2C)sc(C)c1C. The molecule has 2 aromatic rings. The summed E-state index contributed by atoms with van der Waals surface area (Å²) in [5, 5.41) is 7.51. The molecule has 0 saturated heterocycles. The van der Waals surface area contributed by atoms with E-state index in [1.54, 1.807) is 14.0 Å². The molecule has 0 unspecified atom stereocenters. The van der Waals surface area contributed by atoms with Crippen LogP contribution in [0, 0.1) is 20.8 Å². The molecule has 0 aliphatic heterocycles. The van der Waals surface area contributed by atoms with Crippen molar-refractivity contribution in [1.82, 2.24) is 9.78 Å². The molecular formula is C15H18BrN3O3S. The number of ether oxygens (including phenoxy) is 1. The van der Waals surface area contributed by atoms with Gasteiger partial charge >= 0.3 is 5.97 Å². The molecule has 124 valence electrons. The number of nitrogens with zero attached hydrogens (tertiary/aromatic N) is 2. The van der Waals surface area contributed by atoms with Gasteiger partial charge < -0.3 is 10.1 Å². The number of hydrogen-bond donors (Lipinski definition) is 1. The van der Waals surface area contributed by atoms with Crippen molar-refractivity contribution in [2.24, 2.45) is 7.05 Å². The summed E-state index contributed by atoms with van der Waals surface area (Å²) >= 11 is 4.73. The zero-order valence-electron chi connectivity index (χ0n) is 13.6. The first kappa shape index (κ1) is 17.7. The van der Waals surface area contributed by atoms with E-state index in [1.807, 2.05) is 20.8 Å². The Balaban J connectivity index is 2.38. The van der Waals surface area contributed by atoms with Gasteiger partial charge in [-0.2, -0.15) is 5.10 Å². The molecule has 0 bridgehead atoms. The molecule has 0 spiro atoms. The average Bonchev–Trinajstić information content (AvgIpc) is 2.87. The highest BCUT2D eigenvalue weighted by atomic mass is 79.9. The number of amides is 1. The van der Waals surface area contributed by atoms with Gasteiger partial charge in [0.25, 0.3) is 5.91 Å². The van der Waals surface area contributed by atoms with Gasteiger partial charge in [0.15, 0.2) is 0 Å². The third kappa shape index (κ3) is 3.32. The first-order valence-electron chi connectivity index (χ1n) is 7.05. The van der Waals surface area contributed by atoms with Crippen LogP contribution < -0.4 is 5.32 Å². The average molecular weight is 400 g/mol. The van der Waals surface area contributed by atoms with Gasteiger partial charge in [0, 0.05) is 11.9 Å². The quantitative estimate of drug-likeness (QED) is 0.796. The molecule has 0 atom stereocenters. The number of thiophene rings is 1. The maximum atomic E-state index is 12.6. The van der Waals surface area contributed by atoms with Crippen molar-refractivity contribution in [3.05, 3.63) is 31.9 Å². The normalized spacial score (nSPS) is 10.7. The summed E-state index contributed by atoms with van der Waals surface area (Å²) < 4.78 is 7.24. The molecule has 0 aliphatic rings. The van der Waals surface area contributed by atoms with Crippen LogP contribution in [-0.2, 0) is 11.8 Å². The molecule has 0 aromatic carbocycles. The molecule has 2 aromatic heterocycles. The van der Waals surface area contributed by atoms with Crippen LogP contribution in [-0.4, -0.2) is 28.3 Å². The molecule has 23 heavy (non-hydrogen) atoms. The number of aromatic nitrogens is 2. The van der Waals surface area contributed by atoms with E-state index in [-0.39, 0.29) is 12.5 Å². The summed E-state index contributed by atoms with van der Waals surface area (Å²) in [6, 6.07) is 0. The van der Waals surface area contributed by atoms with Gasteiger partial charge in [-0.25, -0.2) is 4.79 Å². The van der Waals surface area contributed by atoms with Crippen molar-refractivity contribution in [1.29, 1.82) is 0 Å². The Morgan fingerprint density at radius 2 is 2.00 bits per heavy atom. The number of nitrogens with one attached hydrogen (secondary N) is 1. The Hall–Kier alpha value is -1.67.